The summed E-state index contributed by atoms with van der Waals surface area (Å²) >= 11 is 1.46. The van der Waals surface area contributed by atoms with E-state index in [1.54, 1.807) is 12.1 Å². The number of amides is 3. The smallest absolute Gasteiger partial charge is 0.244 e. The van der Waals surface area contributed by atoms with Gasteiger partial charge in [-0.3, -0.25) is 25.2 Å². The molecule has 1 aromatic rings. The molecule has 0 spiro atoms. The molecule has 30 heavy (non-hydrogen) atoms. The van der Waals surface area contributed by atoms with E-state index in [9.17, 15) is 18.8 Å². The average molecular weight is 434 g/mol. The zero-order chi connectivity index (χ0) is 21.4. The van der Waals surface area contributed by atoms with E-state index < -0.39 is 5.41 Å². The second-order valence-electron chi connectivity index (χ2n) is 9.26. The molecule has 4 bridgehead atoms. The van der Waals surface area contributed by atoms with Crippen LogP contribution in [-0.2, 0) is 14.4 Å². The van der Waals surface area contributed by atoms with E-state index in [-0.39, 0.29) is 35.5 Å². The van der Waals surface area contributed by atoms with Crippen LogP contribution in [0.25, 0.3) is 0 Å². The van der Waals surface area contributed by atoms with Gasteiger partial charge >= 0.3 is 0 Å². The predicted octanol–water partition coefficient (Wildman–Crippen LogP) is 2.93. The quantitative estimate of drug-likeness (QED) is 0.476. The van der Waals surface area contributed by atoms with Crippen molar-refractivity contribution in [3.63, 3.8) is 0 Å². The molecule has 0 aliphatic heterocycles. The number of rotatable bonds is 6. The first-order chi connectivity index (χ1) is 14.3. The van der Waals surface area contributed by atoms with Crippen LogP contribution in [0.2, 0.25) is 0 Å². The number of hydrazine groups is 1. The highest BCUT2D eigenvalue weighted by atomic mass is 32.2. The maximum absolute atomic E-state index is 13.1. The maximum atomic E-state index is 13.1. The molecule has 3 N–H and O–H groups in total. The highest BCUT2D eigenvalue weighted by molar-refractivity contribution is 7.99. The monoisotopic (exact) mass is 433 g/mol. The van der Waals surface area contributed by atoms with Gasteiger partial charge in [0.05, 0.1) is 5.41 Å². The van der Waals surface area contributed by atoms with Crippen LogP contribution in [0.5, 0.6) is 0 Å². The summed E-state index contributed by atoms with van der Waals surface area (Å²) in [6.07, 6.45) is 5.57. The molecule has 0 saturated heterocycles. The minimum absolute atomic E-state index is 0.0422. The van der Waals surface area contributed by atoms with Crippen molar-refractivity contribution < 1.29 is 18.8 Å². The van der Waals surface area contributed by atoms with Crippen molar-refractivity contribution in [3.8, 4) is 0 Å². The third-order valence-corrected chi connectivity index (χ3v) is 7.72. The minimum atomic E-state index is -0.511. The lowest BCUT2D eigenvalue weighted by Crippen LogP contribution is -2.66. The van der Waals surface area contributed by atoms with E-state index in [0.717, 1.165) is 37.0 Å². The van der Waals surface area contributed by atoms with Gasteiger partial charge in [0.15, 0.2) is 0 Å². The van der Waals surface area contributed by atoms with Gasteiger partial charge in [0.25, 0.3) is 0 Å². The van der Waals surface area contributed by atoms with Crippen molar-refractivity contribution >= 4 is 29.5 Å². The van der Waals surface area contributed by atoms with Crippen molar-refractivity contribution in [1.82, 2.24) is 16.2 Å². The molecule has 6 nitrogen and oxygen atoms in total. The predicted molar refractivity (Wildman–Crippen MR) is 112 cm³/mol. The Morgan fingerprint density at radius 1 is 1.07 bits per heavy atom. The molecule has 3 amide bonds. The van der Waals surface area contributed by atoms with Crippen LogP contribution >= 0.6 is 11.8 Å². The topological polar surface area (TPSA) is 87.3 Å². The Morgan fingerprint density at radius 2 is 1.73 bits per heavy atom. The Labute approximate surface area is 180 Å². The first-order valence-electron chi connectivity index (χ1n) is 10.5. The molecule has 162 valence electrons. The second-order valence-corrected chi connectivity index (χ2v) is 10.4. The largest absolute Gasteiger partial charge is 0.351 e. The first-order valence-corrected chi connectivity index (χ1v) is 11.5. The molecule has 8 heteroatoms. The van der Waals surface area contributed by atoms with Crippen LogP contribution < -0.4 is 16.2 Å². The number of hydrogen-bond donors (Lipinski definition) is 3. The van der Waals surface area contributed by atoms with Crippen LogP contribution in [0.1, 0.15) is 51.9 Å². The van der Waals surface area contributed by atoms with Gasteiger partial charge in [0, 0.05) is 29.5 Å². The molecule has 4 saturated carbocycles. The molecule has 0 radical (unpaired) electrons. The van der Waals surface area contributed by atoms with Gasteiger partial charge in [0.1, 0.15) is 5.82 Å². The van der Waals surface area contributed by atoms with Gasteiger partial charge in [-0.1, -0.05) is 0 Å². The molecule has 2 atom stereocenters. The highest BCUT2D eigenvalue weighted by Gasteiger charge is 2.60. The molecule has 1 aromatic carbocycles. The molecule has 5 rings (SSSR count). The van der Waals surface area contributed by atoms with Crippen molar-refractivity contribution in [3.05, 3.63) is 30.1 Å². The molecule has 0 unspecified atom stereocenters. The summed E-state index contributed by atoms with van der Waals surface area (Å²) in [6.45, 7) is 1.54. The maximum Gasteiger partial charge on any atom is 0.244 e. The summed E-state index contributed by atoms with van der Waals surface area (Å²) in [6, 6.07) is 6.14. The lowest BCUT2D eigenvalue weighted by atomic mass is 9.46. The summed E-state index contributed by atoms with van der Waals surface area (Å²) in [5.74, 6) is 0.724. The summed E-state index contributed by atoms with van der Waals surface area (Å²) in [5.41, 5.74) is 4.43. The first kappa shape index (κ1) is 21.2. The molecular formula is C22H28FN3O3S. The number of thioether (sulfide) groups is 1. The van der Waals surface area contributed by atoms with Crippen molar-refractivity contribution in [2.75, 3.05) is 5.75 Å². The third-order valence-electron chi connectivity index (χ3n) is 6.71. The van der Waals surface area contributed by atoms with Gasteiger partial charge in [-0.2, -0.15) is 0 Å². The SMILES string of the molecule is CC(=O)NC12C[C@@H]3C[C@@H](C1)CC(C(=O)NNC(=O)CCSc1ccc(F)cc1)(C3)C2. The van der Waals surface area contributed by atoms with Crippen LogP contribution in [0.4, 0.5) is 4.39 Å². The van der Waals surface area contributed by atoms with E-state index in [4.69, 9.17) is 0 Å². The summed E-state index contributed by atoms with van der Waals surface area (Å²) < 4.78 is 12.9. The lowest BCUT2D eigenvalue weighted by molar-refractivity contribution is -0.154. The number of nitrogens with one attached hydrogen (secondary N) is 3. The number of carbonyl (C=O) groups excluding carboxylic acids is 3. The van der Waals surface area contributed by atoms with Crippen LogP contribution in [-0.4, -0.2) is 29.0 Å². The van der Waals surface area contributed by atoms with Crippen molar-refractivity contribution in [1.29, 1.82) is 0 Å². The molecule has 0 aromatic heterocycles. The van der Waals surface area contributed by atoms with Crippen molar-refractivity contribution in [2.45, 2.75) is 62.3 Å². The van der Waals surface area contributed by atoms with Gasteiger partial charge in [-0.15, -0.1) is 11.8 Å². The van der Waals surface area contributed by atoms with Gasteiger partial charge in [-0.25, -0.2) is 4.39 Å². The molecule has 0 heterocycles. The minimum Gasteiger partial charge on any atom is -0.351 e. The number of halogens is 1. The Balaban J connectivity index is 1.28. The van der Waals surface area contributed by atoms with E-state index in [2.05, 4.69) is 16.2 Å². The second kappa shape index (κ2) is 8.21. The zero-order valence-electron chi connectivity index (χ0n) is 17.1. The molecule has 4 aliphatic carbocycles. The Bertz CT molecular complexity index is 831. The Kier molecular flexibility index (Phi) is 5.79. The number of hydrogen-bond acceptors (Lipinski definition) is 4. The average Bonchev–Trinajstić information content (AvgIpc) is 2.65. The van der Waals surface area contributed by atoms with Gasteiger partial charge in [-0.05, 0) is 74.6 Å². The summed E-state index contributed by atoms with van der Waals surface area (Å²) in [7, 11) is 0. The highest BCUT2D eigenvalue weighted by Crippen LogP contribution is 2.61. The lowest BCUT2D eigenvalue weighted by Gasteiger charge is -2.61. The fourth-order valence-corrected chi connectivity index (χ4v) is 7.01. The normalized spacial score (nSPS) is 31.3. The van der Waals surface area contributed by atoms with Crippen LogP contribution in [0.15, 0.2) is 29.2 Å². The van der Waals surface area contributed by atoms with E-state index in [1.807, 2.05) is 0 Å². The third kappa shape index (κ3) is 4.48. The molecular weight excluding hydrogens is 405 g/mol. The van der Waals surface area contributed by atoms with Crippen LogP contribution in [0, 0.1) is 23.1 Å². The van der Waals surface area contributed by atoms with Crippen molar-refractivity contribution in [2.24, 2.45) is 17.3 Å². The van der Waals surface area contributed by atoms with E-state index in [1.165, 1.54) is 30.8 Å². The number of carbonyl (C=O) groups is 3. The van der Waals surface area contributed by atoms with Gasteiger partial charge in [0.2, 0.25) is 17.7 Å². The number of benzene rings is 1. The molecule has 4 aliphatic rings. The fourth-order valence-electron chi connectivity index (χ4n) is 6.16. The van der Waals surface area contributed by atoms with E-state index >= 15 is 0 Å². The summed E-state index contributed by atoms with van der Waals surface area (Å²) in [5, 5.41) is 3.15. The molecule has 4 fully saturated rings. The zero-order valence-corrected chi connectivity index (χ0v) is 17.9. The fraction of sp³-hybridized carbons (Fsp3) is 0.591. The van der Waals surface area contributed by atoms with Gasteiger partial charge < -0.3 is 5.32 Å². The standard InChI is InChI=1S/C22H28FN3O3S/c1-14(27)24-22-11-15-8-16(12-22)10-21(9-15,13-22)20(29)26-25-19(28)6-7-30-18-4-2-17(23)3-5-18/h2-5,15-16H,6-13H2,1H3,(H,24,27)(H,25,28)(H,26,29)/t15-,16-,21?,22?/m1/s1. The Hall–Kier alpha value is -2.09. The Morgan fingerprint density at radius 3 is 2.37 bits per heavy atom. The van der Waals surface area contributed by atoms with Crippen LogP contribution in [0.3, 0.4) is 0 Å². The summed E-state index contributed by atoms with van der Waals surface area (Å²) in [4.78, 5) is 37.9. The van der Waals surface area contributed by atoms with E-state index in [0.29, 0.717) is 24.0 Å².